The summed E-state index contributed by atoms with van der Waals surface area (Å²) in [7, 11) is 0. The zero-order valence-electron chi connectivity index (χ0n) is 8.53. The average molecular weight is 212 g/mol. The van der Waals surface area contributed by atoms with E-state index in [1.54, 1.807) is 0 Å². The molecule has 4 heteroatoms. The van der Waals surface area contributed by atoms with Crippen LogP contribution in [0.2, 0.25) is 0 Å². The summed E-state index contributed by atoms with van der Waals surface area (Å²) in [6.45, 7) is 3.06. The van der Waals surface area contributed by atoms with E-state index in [9.17, 15) is 9.18 Å². The van der Waals surface area contributed by atoms with Crippen LogP contribution < -0.4 is 4.74 Å². The Morgan fingerprint density at radius 3 is 2.87 bits per heavy atom. The number of para-hydroxylation sites is 1. The van der Waals surface area contributed by atoms with Crippen LogP contribution in [0.5, 0.6) is 5.75 Å². The molecule has 1 rings (SSSR count). The van der Waals surface area contributed by atoms with Crippen molar-refractivity contribution < 1.29 is 18.7 Å². The fourth-order valence-corrected chi connectivity index (χ4v) is 1.12. The third-order valence-corrected chi connectivity index (χ3v) is 1.80. The molecule has 0 unspecified atom stereocenters. The maximum Gasteiger partial charge on any atom is 0.165 e. The van der Waals surface area contributed by atoms with Crippen molar-refractivity contribution in [1.82, 2.24) is 0 Å². The van der Waals surface area contributed by atoms with Crippen LogP contribution in [0.3, 0.4) is 0 Å². The van der Waals surface area contributed by atoms with Crippen LogP contribution in [-0.2, 0) is 4.74 Å². The lowest BCUT2D eigenvalue weighted by molar-refractivity contribution is 0.105. The van der Waals surface area contributed by atoms with Crippen molar-refractivity contribution in [3.05, 3.63) is 29.6 Å². The van der Waals surface area contributed by atoms with E-state index in [0.29, 0.717) is 19.5 Å². The summed E-state index contributed by atoms with van der Waals surface area (Å²) in [5.41, 5.74) is 0.214. The summed E-state index contributed by atoms with van der Waals surface area (Å²) in [5.74, 6) is -0.539. The van der Waals surface area contributed by atoms with E-state index in [4.69, 9.17) is 9.47 Å². The van der Waals surface area contributed by atoms with Gasteiger partial charge < -0.3 is 9.47 Å². The number of carbonyl (C=O) groups is 1. The summed E-state index contributed by atoms with van der Waals surface area (Å²) in [6, 6.07) is 4.23. The Hall–Kier alpha value is -1.42. The van der Waals surface area contributed by atoms with Crippen LogP contribution in [0.15, 0.2) is 18.2 Å². The molecule has 0 fully saturated rings. The van der Waals surface area contributed by atoms with Gasteiger partial charge in [-0.3, -0.25) is 4.79 Å². The Morgan fingerprint density at radius 1 is 1.40 bits per heavy atom. The molecule has 0 amide bonds. The van der Waals surface area contributed by atoms with Crippen LogP contribution in [0.4, 0.5) is 4.39 Å². The Labute approximate surface area is 87.8 Å². The van der Waals surface area contributed by atoms with Crippen molar-refractivity contribution >= 4 is 6.29 Å². The van der Waals surface area contributed by atoms with Gasteiger partial charge in [0.1, 0.15) is 6.61 Å². The SMILES string of the molecule is CCOCCOc1c(F)cccc1C=O. The van der Waals surface area contributed by atoms with Crippen LogP contribution >= 0.6 is 0 Å². The summed E-state index contributed by atoms with van der Waals surface area (Å²) < 4.78 is 23.4. The van der Waals surface area contributed by atoms with Gasteiger partial charge in [-0.2, -0.15) is 0 Å². The van der Waals surface area contributed by atoms with Gasteiger partial charge >= 0.3 is 0 Å². The highest BCUT2D eigenvalue weighted by Crippen LogP contribution is 2.20. The standard InChI is InChI=1S/C11H13FO3/c1-2-14-6-7-15-11-9(8-13)4-3-5-10(11)12/h3-5,8H,2,6-7H2,1H3. The lowest BCUT2D eigenvalue weighted by Gasteiger charge is -2.08. The highest BCUT2D eigenvalue weighted by molar-refractivity contribution is 5.79. The largest absolute Gasteiger partial charge is 0.487 e. The minimum absolute atomic E-state index is 0.00722. The van der Waals surface area contributed by atoms with Crippen LogP contribution in [0, 0.1) is 5.82 Å². The van der Waals surface area contributed by atoms with E-state index < -0.39 is 5.82 Å². The second-order valence-electron chi connectivity index (χ2n) is 2.82. The molecule has 82 valence electrons. The van der Waals surface area contributed by atoms with Gasteiger partial charge in [-0.1, -0.05) is 6.07 Å². The van der Waals surface area contributed by atoms with Crippen molar-refractivity contribution in [3.63, 3.8) is 0 Å². The molecule has 0 spiro atoms. The molecule has 0 N–H and O–H groups in total. The number of aldehydes is 1. The second kappa shape index (κ2) is 6.14. The average Bonchev–Trinajstić information content (AvgIpc) is 2.26. The van der Waals surface area contributed by atoms with Gasteiger partial charge in [0.15, 0.2) is 17.9 Å². The first kappa shape index (κ1) is 11.7. The summed E-state index contributed by atoms with van der Waals surface area (Å²) in [4.78, 5) is 10.6. The van der Waals surface area contributed by atoms with Gasteiger partial charge in [-0.15, -0.1) is 0 Å². The van der Waals surface area contributed by atoms with Gasteiger partial charge in [0.05, 0.1) is 12.2 Å². The Kier molecular flexibility index (Phi) is 4.77. The maximum atomic E-state index is 13.2. The molecular formula is C11H13FO3. The monoisotopic (exact) mass is 212 g/mol. The minimum Gasteiger partial charge on any atom is -0.487 e. The molecule has 0 radical (unpaired) electrons. The quantitative estimate of drug-likeness (QED) is 0.534. The van der Waals surface area contributed by atoms with Gasteiger partial charge in [0.25, 0.3) is 0 Å². The molecule has 1 aromatic carbocycles. The molecule has 0 heterocycles. The maximum absolute atomic E-state index is 13.2. The lowest BCUT2D eigenvalue weighted by Crippen LogP contribution is -2.08. The molecule has 3 nitrogen and oxygen atoms in total. The smallest absolute Gasteiger partial charge is 0.165 e. The zero-order chi connectivity index (χ0) is 11.1. The van der Waals surface area contributed by atoms with Crippen molar-refractivity contribution in [1.29, 1.82) is 0 Å². The molecule has 0 saturated carbocycles. The molecule has 15 heavy (non-hydrogen) atoms. The zero-order valence-corrected chi connectivity index (χ0v) is 8.53. The van der Waals surface area contributed by atoms with E-state index in [1.807, 2.05) is 6.92 Å². The van der Waals surface area contributed by atoms with Crippen molar-refractivity contribution in [2.24, 2.45) is 0 Å². The highest BCUT2D eigenvalue weighted by Gasteiger charge is 2.08. The molecular weight excluding hydrogens is 199 g/mol. The predicted octanol–water partition coefficient (Wildman–Crippen LogP) is 2.05. The second-order valence-corrected chi connectivity index (χ2v) is 2.82. The third-order valence-electron chi connectivity index (χ3n) is 1.80. The number of hydrogen-bond acceptors (Lipinski definition) is 3. The predicted molar refractivity (Wildman–Crippen MR) is 53.8 cm³/mol. The number of rotatable bonds is 6. The summed E-state index contributed by atoms with van der Waals surface area (Å²) in [6.07, 6.45) is 0.569. The van der Waals surface area contributed by atoms with Gasteiger partial charge in [-0.25, -0.2) is 4.39 Å². The fraction of sp³-hybridized carbons (Fsp3) is 0.364. The molecule has 0 aliphatic rings. The Morgan fingerprint density at radius 2 is 2.20 bits per heavy atom. The van der Waals surface area contributed by atoms with Crippen molar-refractivity contribution in [2.45, 2.75) is 6.92 Å². The minimum atomic E-state index is -0.531. The summed E-state index contributed by atoms with van der Waals surface area (Å²) in [5, 5.41) is 0. The van der Waals surface area contributed by atoms with Crippen LogP contribution in [0.25, 0.3) is 0 Å². The molecule has 0 bridgehead atoms. The molecule has 1 aromatic rings. The fourth-order valence-electron chi connectivity index (χ4n) is 1.12. The van der Waals surface area contributed by atoms with Crippen molar-refractivity contribution in [3.8, 4) is 5.75 Å². The van der Waals surface area contributed by atoms with E-state index in [0.717, 1.165) is 0 Å². The molecule has 0 saturated heterocycles. The number of benzene rings is 1. The third kappa shape index (κ3) is 3.32. The molecule has 0 aliphatic heterocycles. The first-order chi connectivity index (χ1) is 7.29. The summed E-state index contributed by atoms with van der Waals surface area (Å²) >= 11 is 0. The van der Waals surface area contributed by atoms with E-state index >= 15 is 0 Å². The van der Waals surface area contributed by atoms with Gasteiger partial charge in [-0.05, 0) is 19.1 Å². The lowest BCUT2D eigenvalue weighted by atomic mass is 10.2. The van der Waals surface area contributed by atoms with Crippen LogP contribution in [-0.4, -0.2) is 26.1 Å². The van der Waals surface area contributed by atoms with E-state index in [-0.39, 0.29) is 17.9 Å². The topological polar surface area (TPSA) is 35.5 Å². The number of halogens is 1. The Balaban J connectivity index is 2.62. The highest BCUT2D eigenvalue weighted by atomic mass is 19.1. The first-order valence-corrected chi connectivity index (χ1v) is 4.73. The van der Waals surface area contributed by atoms with Crippen molar-refractivity contribution in [2.75, 3.05) is 19.8 Å². The van der Waals surface area contributed by atoms with E-state index in [1.165, 1.54) is 18.2 Å². The van der Waals surface area contributed by atoms with Crippen LogP contribution in [0.1, 0.15) is 17.3 Å². The molecule has 0 atom stereocenters. The van der Waals surface area contributed by atoms with Gasteiger partial charge in [0.2, 0.25) is 0 Å². The normalized spacial score (nSPS) is 10.0. The number of ether oxygens (including phenoxy) is 2. The Bertz CT molecular complexity index is 326. The molecule has 0 aromatic heterocycles. The molecule has 0 aliphatic carbocycles. The van der Waals surface area contributed by atoms with Gasteiger partial charge in [0, 0.05) is 6.61 Å². The van der Waals surface area contributed by atoms with E-state index in [2.05, 4.69) is 0 Å². The number of carbonyl (C=O) groups excluding carboxylic acids is 1. The number of hydrogen-bond donors (Lipinski definition) is 0. The first-order valence-electron chi connectivity index (χ1n) is 4.73.